The minimum Gasteiger partial charge on any atom is -0.434 e. The third-order valence-corrected chi connectivity index (χ3v) is 4.73. The maximum absolute atomic E-state index is 14.3. The van der Waals surface area contributed by atoms with Crippen LogP contribution in [0.5, 0.6) is 11.6 Å². The molecule has 0 spiro atoms. The lowest BCUT2D eigenvalue weighted by atomic mass is 10.2. The number of halogens is 1. The van der Waals surface area contributed by atoms with E-state index in [-0.39, 0.29) is 23.4 Å². The number of nitrogen functional groups attached to an aromatic ring is 1. The number of hydrogen-bond acceptors (Lipinski definition) is 6. The van der Waals surface area contributed by atoms with Gasteiger partial charge in [-0.2, -0.15) is 10.2 Å². The molecule has 9 heteroatoms. The summed E-state index contributed by atoms with van der Waals surface area (Å²) < 4.78 is 29.0. The van der Waals surface area contributed by atoms with Crippen molar-refractivity contribution in [1.82, 2.24) is 24.4 Å². The molecule has 0 amide bonds. The number of aromatic nitrogens is 5. The largest absolute Gasteiger partial charge is 0.434 e. The second-order valence-corrected chi connectivity index (χ2v) is 6.58. The summed E-state index contributed by atoms with van der Waals surface area (Å²) in [4.78, 5) is 4.57. The van der Waals surface area contributed by atoms with Crippen LogP contribution in [0.1, 0.15) is 12.5 Å². The molecule has 8 nitrogen and oxygen atoms in total. The highest BCUT2D eigenvalue weighted by Gasteiger charge is 2.20. The molecule has 3 aromatic heterocycles. The van der Waals surface area contributed by atoms with Crippen molar-refractivity contribution < 1.29 is 13.9 Å². The predicted octanol–water partition coefficient (Wildman–Crippen LogP) is 3.07. The zero-order chi connectivity index (χ0) is 19.1. The van der Waals surface area contributed by atoms with Gasteiger partial charge < -0.3 is 15.2 Å². The van der Waals surface area contributed by atoms with E-state index in [4.69, 9.17) is 15.2 Å². The van der Waals surface area contributed by atoms with Gasteiger partial charge in [-0.1, -0.05) is 6.07 Å². The van der Waals surface area contributed by atoms with Gasteiger partial charge in [-0.05, 0) is 24.6 Å². The number of nitrogens with two attached hydrogens (primary N) is 1. The summed E-state index contributed by atoms with van der Waals surface area (Å²) in [6.45, 7) is 1.39. The first kappa shape index (κ1) is 16.7. The summed E-state index contributed by atoms with van der Waals surface area (Å²) in [5.74, 6) is -0.385. The van der Waals surface area contributed by atoms with Gasteiger partial charge in [-0.15, -0.1) is 0 Å². The topological polar surface area (TPSA) is 92.5 Å². The van der Waals surface area contributed by atoms with E-state index in [2.05, 4.69) is 15.2 Å². The van der Waals surface area contributed by atoms with Crippen LogP contribution in [0.3, 0.4) is 0 Å². The molecule has 0 saturated carbocycles. The Kier molecular flexibility index (Phi) is 3.94. The quantitative estimate of drug-likeness (QED) is 0.547. The third kappa shape index (κ3) is 2.85. The van der Waals surface area contributed by atoms with Crippen LogP contribution < -0.4 is 10.5 Å². The molecule has 1 unspecified atom stereocenters. The van der Waals surface area contributed by atoms with Crippen LogP contribution in [0.25, 0.3) is 16.8 Å². The Bertz CT molecular complexity index is 1150. The molecule has 4 heterocycles. The lowest BCUT2D eigenvalue weighted by Gasteiger charge is -2.10. The summed E-state index contributed by atoms with van der Waals surface area (Å²) in [6, 6.07) is 6.57. The van der Waals surface area contributed by atoms with E-state index < -0.39 is 5.82 Å². The van der Waals surface area contributed by atoms with Crippen LogP contribution in [-0.2, 0) is 4.74 Å². The first-order chi connectivity index (χ1) is 13.7. The van der Waals surface area contributed by atoms with Crippen LogP contribution >= 0.6 is 0 Å². The van der Waals surface area contributed by atoms with Gasteiger partial charge >= 0.3 is 0 Å². The minimum atomic E-state index is -0.624. The number of benzene rings is 1. The monoisotopic (exact) mass is 380 g/mol. The minimum absolute atomic E-state index is 0.00606. The Morgan fingerprint density at radius 2 is 2.14 bits per heavy atom. The lowest BCUT2D eigenvalue weighted by molar-refractivity contribution is 0.184. The van der Waals surface area contributed by atoms with Gasteiger partial charge in [0.25, 0.3) is 0 Å². The fraction of sp³-hybridized carbons (Fsp3) is 0.211. The Balaban J connectivity index is 1.55. The van der Waals surface area contributed by atoms with E-state index >= 15 is 0 Å². The molecule has 2 N–H and O–H groups in total. The first-order valence-corrected chi connectivity index (χ1v) is 8.87. The SMILES string of the molecule is Nc1cccc(Oc2nc(-c3cnn(C4CCOC4)c3)cn3nccc23)c1F. The van der Waals surface area contributed by atoms with Gasteiger partial charge in [0, 0.05) is 18.4 Å². The van der Waals surface area contributed by atoms with E-state index in [0.29, 0.717) is 17.8 Å². The smallest absolute Gasteiger partial charge is 0.246 e. The van der Waals surface area contributed by atoms with Crippen molar-refractivity contribution in [3.8, 4) is 22.9 Å². The number of rotatable bonds is 4. The van der Waals surface area contributed by atoms with Crippen molar-refractivity contribution >= 4 is 11.2 Å². The van der Waals surface area contributed by atoms with Crippen molar-refractivity contribution in [2.45, 2.75) is 12.5 Å². The van der Waals surface area contributed by atoms with Crippen LogP contribution in [0, 0.1) is 5.82 Å². The highest BCUT2D eigenvalue weighted by molar-refractivity contribution is 5.64. The average Bonchev–Trinajstić information content (AvgIpc) is 3.46. The third-order valence-electron chi connectivity index (χ3n) is 4.73. The predicted molar refractivity (Wildman–Crippen MR) is 99.6 cm³/mol. The van der Waals surface area contributed by atoms with E-state index in [9.17, 15) is 4.39 Å². The Hall–Kier alpha value is -3.46. The van der Waals surface area contributed by atoms with E-state index in [1.165, 1.54) is 12.1 Å². The normalized spacial score (nSPS) is 16.7. The highest BCUT2D eigenvalue weighted by atomic mass is 19.1. The molecule has 142 valence electrons. The fourth-order valence-electron chi connectivity index (χ4n) is 3.22. The van der Waals surface area contributed by atoms with Gasteiger partial charge in [-0.25, -0.2) is 13.9 Å². The summed E-state index contributed by atoms with van der Waals surface area (Å²) in [5, 5.41) is 8.69. The number of nitrogens with zero attached hydrogens (tertiary/aromatic N) is 5. The number of hydrogen-bond donors (Lipinski definition) is 1. The zero-order valence-corrected chi connectivity index (χ0v) is 14.8. The zero-order valence-electron chi connectivity index (χ0n) is 14.8. The van der Waals surface area contributed by atoms with Crippen molar-refractivity contribution in [2.24, 2.45) is 0 Å². The molecule has 1 aliphatic rings. The van der Waals surface area contributed by atoms with Gasteiger partial charge in [-0.3, -0.25) is 4.68 Å². The number of anilines is 1. The highest BCUT2D eigenvalue weighted by Crippen LogP contribution is 2.31. The maximum Gasteiger partial charge on any atom is 0.246 e. The second kappa shape index (κ2) is 6.61. The van der Waals surface area contributed by atoms with Crippen LogP contribution in [0.2, 0.25) is 0 Å². The van der Waals surface area contributed by atoms with Gasteiger partial charge in [0.05, 0.1) is 42.6 Å². The molecule has 0 aliphatic carbocycles. The standard InChI is InChI=1S/C19H17FN6O2/c20-18-14(21)2-1-3-17(18)28-19-16-4-6-22-26(16)10-15(24-19)12-8-23-25(9-12)13-5-7-27-11-13/h1-4,6,8-10,13H,5,7,11,21H2. The lowest BCUT2D eigenvalue weighted by Crippen LogP contribution is -2.08. The molecule has 0 radical (unpaired) electrons. The Morgan fingerprint density at radius 3 is 3.00 bits per heavy atom. The van der Waals surface area contributed by atoms with Crippen molar-refractivity contribution in [3.63, 3.8) is 0 Å². The Morgan fingerprint density at radius 1 is 1.21 bits per heavy atom. The molecule has 28 heavy (non-hydrogen) atoms. The molecule has 4 aromatic rings. The molecule has 0 bridgehead atoms. The molecule has 1 saturated heterocycles. The summed E-state index contributed by atoms with van der Waals surface area (Å²) in [6.07, 6.45) is 7.99. The van der Waals surface area contributed by atoms with Gasteiger partial charge in [0.15, 0.2) is 11.6 Å². The van der Waals surface area contributed by atoms with Crippen LogP contribution in [0.15, 0.2) is 49.1 Å². The van der Waals surface area contributed by atoms with Gasteiger partial charge in [0.2, 0.25) is 5.88 Å². The van der Waals surface area contributed by atoms with E-state index in [0.717, 1.165) is 18.6 Å². The molecule has 1 aromatic carbocycles. The number of ether oxygens (including phenoxy) is 2. The Labute approximate surface area is 159 Å². The van der Waals surface area contributed by atoms with Crippen molar-refractivity contribution in [3.05, 3.63) is 54.9 Å². The van der Waals surface area contributed by atoms with Crippen molar-refractivity contribution in [2.75, 3.05) is 18.9 Å². The maximum atomic E-state index is 14.3. The van der Waals surface area contributed by atoms with Crippen LogP contribution in [-0.4, -0.2) is 37.6 Å². The summed E-state index contributed by atoms with van der Waals surface area (Å²) in [7, 11) is 0. The van der Waals surface area contributed by atoms with E-state index in [1.807, 2.05) is 10.9 Å². The van der Waals surface area contributed by atoms with E-state index in [1.54, 1.807) is 35.2 Å². The first-order valence-electron chi connectivity index (χ1n) is 8.87. The average molecular weight is 380 g/mol. The molecule has 1 aliphatic heterocycles. The molecular formula is C19H17FN6O2. The molecule has 1 atom stereocenters. The van der Waals surface area contributed by atoms with Crippen molar-refractivity contribution in [1.29, 1.82) is 0 Å². The molecular weight excluding hydrogens is 363 g/mol. The molecule has 1 fully saturated rings. The summed E-state index contributed by atoms with van der Waals surface area (Å²) in [5.41, 5.74) is 7.68. The van der Waals surface area contributed by atoms with Gasteiger partial charge in [0.1, 0.15) is 5.52 Å². The van der Waals surface area contributed by atoms with Crippen LogP contribution in [0.4, 0.5) is 10.1 Å². The second-order valence-electron chi connectivity index (χ2n) is 6.58. The molecule has 5 rings (SSSR count). The summed E-state index contributed by atoms with van der Waals surface area (Å²) >= 11 is 0. The fourth-order valence-corrected chi connectivity index (χ4v) is 3.22. The number of fused-ring (bicyclic) bond motifs is 1.